The molecule has 0 spiro atoms. The summed E-state index contributed by atoms with van der Waals surface area (Å²) in [4.78, 5) is 3.10. The summed E-state index contributed by atoms with van der Waals surface area (Å²) < 4.78 is 43.6. The van der Waals surface area contributed by atoms with Crippen LogP contribution in [0.15, 0.2) is 30.5 Å². The average Bonchev–Trinajstić information content (AvgIpc) is 3.14. The third-order valence-electron chi connectivity index (χ3n) is 5.27. The standard InChI is InChI=1S/C20H28F3N3O2/c21-20(22,23)7-3-19(14-4-8-24-9-5-14)26-12-16(27)13-28-17-1-2-18-15(11-17)6-10-25-18/h1-2,6,10-11,14,16,19,24-27H,3-5,7-9,12-13H2/t16-,19?/m0/s1. The quantitative estimate of drug-likeness (QED) is 0.523. The second-order valence-electron chi connectivity index (χ2n) is 7.45. The molecule has 2 atom stereocenters. The number of benzene rings is 1. The summed E-state index contributed by atoms with van der Waals surface area (Å²) in [6.45, 7) is 1.93. The fourth-order valence-electron chi connectivity index (χ4n) is 3.73. The van der Waals surface area contributed by atoms with E-state index in [2.05, 4.69) is 15.6 Å². The molecule has 0 amide bonds. The minimum atomic E-state index is -4.16. The molecule has 0 radical (unpaired) electrons. The topological polar surface area (TPSA) is 69.3 Å². The van der Waals surface area contributed by atoms with Crippen LogP contribution >= 0.6 is 0 Å². The molecule has 1 aliphatic heterocycles. The van der Waals surface area contributed by atoms with E-state index in [4.69, 9.17) is 4.74 Å². The number of aromatic nitrogens is 1. The number of hydrogen-bond donors (Lipinski definition) is 4. The van der Waals surface area contributed by atoms with Crippen molar-refractivity contribution in [3.05, 3.63) is 30.5 Å². The van der Waals surface area contributed by atoms with E-state index < -0.39 is 18.7 Å². The highest BCUT2D eigenvalue weighted by molar-refractivity contribution is 5.80. The van der Waals surface area contributed by atoms with Crippen LogP contribution in [0.1, 0.15) is 25.7 Å². The zero-order chi connectivity index (χ0) is 20.0. The van der Waals surface area contributed by atoms with Crippen LogP contribution in [0, 0.1) is 5.92 Å². The number of nitrogens with one attached hydrogen (secondary N) is 3. The molecule has 1 unspecified atom stereocenters. The average molecular weight is 399 g/mol. The van der Waals surface area contributed by atoms with Gasteiger partial charge in [0.2, 0.25) is 0 Å². The van der Waals surface area contributed by atoms with Gasteiger partial charge in [-0.3, -0.25) is 0 Å². The SMILES string of the molecule is O[C@@H](CNC(CCC(F)(F)F)C1CCNCC1)COc1ccc2[nH]ccc2c1. The Morgan fingerprint density at radius 3 is 2.75 bits per heavy atom. The van der Waals surface area contributed by atoms with Crippen LogP contribution in [0.3, 0.4) is 0 Å². The third kappa shape index (κ3) is 6.39. The third-order valence-corrected chi connectivity index (χ3v) is 5.27. The number of aromatic amines is 1. The highest BCUT2D eigenvalue weighted by Gasteiger charge is 2.31. The highest BCUT2D eigenvalue weighted by Crippen LogP contribution is 2.27. The molecule has 0 saturated carbocycles. The van der Waals surface area contributed by atoms with Crippen molar-refractivity contribution in [1.82, 2.24) is 15.6 Å². The molecule has 5 nitrogen and oxygen atoms in total. The van der Waals surface area contributed by atoms with Crippen LogP contribution in [0.5, 0.6) is 5.75 Å². The van der Waals surface area contributed by atoms with E-state index in [1.54, 1.807) is 0 Å². The number of aliphatic hydroxyl groups excluding tert-OH is 1. The van der Waals surface area contributed by atoms with Gasteiger partial charge in [-0.05, 0) is 62.5 Å². The number of ether oxygens (including phenoxy) is 1. The molecule has 4 N–H and O–H groups in total. The molecular formula is C20H28F3N3O2. The lowest BCUT2D eigenvalue weighted by atomic mass is 9.87. The first kappa shape index (κ1) is 21.0. The van der Waals surface area contributed by atoms with Crippen LogP contribution in [0.25, 0.3) is 10.9 Å². The molecular weight excluding hydrogens is 371 g/mol. The lowest BCUT2D eigenvalue weighted by molar-refractivity contribution is -0.137. The van der Waals surface area contributed by atoms with Crippen LogP contribution in [0.2, 0.25) is 0 Å². The zero-order valence-electron chi connectivity index (χ0n) is 15.8. The Hall–Kier alpha value is -1.77. The van der Waals surface area contributed by atoms with Crippen molar-refractivity contribution in [2.75, 3.05) is 26.2 Å². The summed E-state index contributed by atoms with van der Waals surface area (Å²) in [7, 11) is 0. The second-order valence-corrected chi connectivity index (χ2v) is 7.45. The van der Waals surface area contributed by atoms with Gasteiger partial charge in [0.15, 0.2) is 0 Å². The van der Waals surface area contributed by atoms with E-state index in [-0.39, 0.29) is 31.5 Å². The van der Waals surface area contributed by atoms with Gasteiger partial charge in [-0.15, -0.1) is 0 Å². The normalized spacial score (nSPS) is 18.3. The Kier molecular flexibility index (Phi) is 7.20. The lowest BCUT2D eigenvalue weighted by Crippen LogP contribution is -2.45. The maximum Gasteiger partial charge on any atom is 0.389 e. The summed E-state index contributed by atoms with van der Waals surface area (Å²) in [5.41, 5.74) is 1.00. The van der Waals surface area contributed by atoms with Crippen molar-refractivity contribution in [3.8, 4) is 5.75 Å². The van der Waals surface area contributed by atoms with Crippen molar-refractivity contribution in [3.63, 3.8) is 0 Å². The smallest absolute Gasteiger partial charge is 0.389 e. The Morgan fingerprint density at radius 2 is 2.00 bits per heavy atom. The van der Waals surface area contributed by atoms with E-state index in [9.17, 15) is 18.3 Å². The summed E-state index contributed by atoms with van der Waals surface area (Å²) in [6, 6.07) is 7.28. The van der Waals surface area contributed by atoms with Crippen LogP contribution in [0.4, 0.5) is 13.2 Å². The monoisotopic (exact) mass is 399 g/mol. The summed E-state index contributed by atoms with van der Waals surface area (Å²) in [6.07, 6.45) is -2.20. The molecule has 8 heteroatoms. The first-order chi connectivity index (χ1) is 13.4. The molecule has 3 rings (SSSR count). The Labute approximate surface area is 162 Å². The zero-order valence-corrected chi connectivity index (χ0v) is 15.8. The van der Waals surface area contributed by atoms with Crippen LogP contribution in [-0.4, -0.2) is 54.7 Å². The summed E-state index contributed by atoms with van der Waals surface area (Å²) in [5, 5.41) is 17.6. The Balaban J connectivity index is 1.47. The van der Waals surface area contributed by atoms with Gasteiger partial charge in [0.1, 0.15) is 18.5 Å². The van der Waals surface area contributed by atoms with Crippen molar-refractivity contribution in [2.45, 2.75) is 44.0 Å². The maximum absolute atomic E-state index is 12.7. The van der Waals surface area contributed by atoms with E-state index in [1.807, 2.05) is 30.5 Å². The number of fused-ring (bicyclic) bond motifs is 1. The molecule has 1 saturated heterocycles. The Morgan fingerprint density at radius 1 is 1.21 bits per heavy atom. The van der Waals surface area contributed by atoms with E-state index in [1.165, 1.54) is 0 Å². The van der Waals surface area contributed by atoms with Gasteiger partial charge in [-0.2, -0.15) is 13.2 Å². The number of halogens is 3. The molecule has 156 valence electrons. The number of hydrogen-bond acceptors (Lipinski definition) is 4. The van der Waals surface area contributed by atoms with Crippen molar-refractivity contribution >= 4 is 10.9 Å². The molecule has 1 fully saturated rings. The van der Waals surface area contributed by atoms with Gasteiger partial charge < -0.3 is 25.5 Å². The minimum Gasteiger partial charge on any atom is -0.491 e. The minimum absolute atomic E-state index is 0.0336. The summed E-state index contributed by atoms with van der Waals surface area (Å²) >= 11 is 0. The molecule has 0 aliphatic carbocycles. The first-order valence-corrected chi connectivity index (χ1v) is 9.79. The predicted octanol–water partition coefficient (Wildman–Crippen LogP) is 3.21. The van der Waals surface area contributed by atoms with Crippen molar-refractivity contribution in [1.29, 1.82) is 0 Å². The van der Waals surface area contributed by atoms with Gasteiger partial charge >= 0.3 is 6.18 Å². The molecule has 28 heavy (non-hydrogen) atoms. The largest absolute Gasteiger partial charge is 0.491 e. The molecule has 1 aliphatic rings. The number of rotatable bonds is 9. The van der Waals surface area contributed by atoms with Crippen molar-refractivity contribution < 1.29 is 23.0 Å². The van der Waals surface area contributed by atoms with Crippen LogP contribution in [-0.2, 0) is 0 Å². The first-order valence-electron chi connectivity index (χ1n) is 9.79. The molecule has 2 heterocycles. The fourth-order valence-corrected chi connectivity index (χ4v) is 3.73. The number of aliphatic hydroxyl groups is 1. The summed E-state index contributed by atoms with van der Waals surface area (Å²) in [5.74, 6) is 0.839. The second kappa shape index (κ2) is 9.62. The predicted molar refractivity (Wildman–Crippen MR) is 102 cm³/mol. The van der Waals surface area contributed by atoms with Gasteiger partial charge in [-0.25, -0.2) is 0 Å². The molecule has 1 aromatic carbocycles. The van der Waals surface area contributed by atoms with Crippen molar-refractivity contribution in [2.24, 2.45) is 5.92 Å². The lowest BCUT2D eigenvalue weighted by Gasteiger charge is -2.32. The van der Waals surface area contributed by atoms with Crippen LogP contribution < -0.4 is 15.4 Å². The maximum atomic E-state index is 12.7. The molecule has 0 bridgehead atoms. The Bertz CT molecular complexity index is 729. The van der Waals surface area contributed by atoms with Gasteiger partial charge in [0, 0.05) is 36.1 Å². The molecule has 1 aromatic heterocycles. The van der Waals surface area contributed by atoms with E-state index >= 15 is 0 Å². The number of H-pyrrole nitrogens is 1. The van der Waals surface area contributed by atoms with Gasteiger partial charge in [0.25, 0.3) is 0 Å². The number of piperidine rings is 1. The van der Waals surface area contributed by atoms with Gasteiger partial charge in [-0.1, -0.05) is 0 Å². The molecule has 2 aromatic rings. The highest BCUT2D eigenvalue weighted by atomic mass is 19.4. The fraction of sp³-hybridized carbons (Fsp3) is 0.600. The van der Waals surface area contributed by atoms with E-state index in [0.29, 0.717) is 5.75 Å². The van der Waals surface area contributed by atoms with E-state index in [0.717, 1.165) is 36.8 Å². The number of alkyl halides is 3. The van der Waals surface area contributed by atoms with Gasteiger partial charge in [0.05, 0.1) is 0 Å².